The van der Waals surface area contributed by atoms with Crippen LogP contribution in [0.4, 0.5) is 4.39 Å². The molecule has 2 aromatic rings. The quantitative estimate of drug-likeness (QED) is 0.443. The van der Waals surface area contributed by atoms with E-state index in [0.29, 0.717) is 21.9 Å². The molecule has 1 saturated heterocycles. The van der Waals surface area contributed by atoms with Gasteiger partial charge in [0.05, 0.1) is 0 Å². The van der Waals surface area contributed by atoms with E-state index < -0.39 is 23.5 Å². The molecule has 140 valence electrons. The van der Waals surface area contributed by atoms with Crippen LogP contribution >= 0.6 is 11.6 Å². The molecule has 1 aliphatic heterocycles. The summed E-state index contributed by atoms with van der Waals surface area (Å²) in [7, 11) is 0. The van der Waals surface area contributed by atoms with Crippen molar-refractivity contribution in [3.8, 4) is 5.75 Å². The fraction of sp³-hybridized carbons (Fsp3) is 0.200. The van der Waals surface area contributed by atoms with Crippen molar-refractivity contribution in [3.05, 3.63) is 70.0 Å². The summed E-state index contributed by atoms with van der Waals surface area (Å²) < 4.78 is 29.4. The Bertz CT molecular complexity index is 896. The third kappa shape index (κ3) is 4.65. The van der Waals surface area contributed by atoms with Crippen molar-refractivity contribution in [2.24, 2.45) is 0 Å². The van der Waals surface area contributed by atoms with Gasteiger partial charge in [-0.2, -0.15) is 0 Å². The van der Waals surface area contributed by atoms with Gasteiger partial charge in [-0.15, -0.1) is 0 Å². The number of cyclic esters (lactones) is 2. The molecule has 0 aromatic heterocycles. The third-order valence-electron chi connectivity index (χ3n) is 3.72. The SMILES string of the molecule is CC1(C)OC(=O)C(=Cc2ccc(OCc3ccc(Cl)cc3F)cc2)C(=O)O1. The van der Waals surface area contributed by atoms with E-state index in [9.17, 15) is 14.0 Å². The van der Waals surface area contributed by atoms with Crippen LogP contribution in [0.5, 0.6) is 5.75 Å². The molecule has 1 fully saturated rings. The third-order valence-corrected chi connectivity index (χ3v) is 3.95. The summed E-state index contributed by atoms with van der Waals surface area (Å²) in [6, 6.07) is 11.0. The van der Waals surface area contributed by atoms with Crippen LogP contribution < -0.4 is 4.74 Å². The lowest BCUT2D eigenvalue weighted by Gasteiger charge is -2.29. The summed E-state index contributed by atoms with van der Waals surface area (Å²) in [5.41, 5.74) is 0.774. The molecule has 0 spiro atoms. The van der Waals surface area contributed by atoms with Crippen LogP contribution in [0.25, 0.3) is 6.08 Å². The number of rotatable bonds is 4. The van der Waals surface area contributed by atoms with E-state index in [4.69, 9.17) is 25.8 Å². The lowest BCUT2D eigenvalue weighted by Crippen LogP contribution is -2.41. The Labute approximate surface area is 160 Å². The number of esters is 2. The molecule has 7 heteroatoms. The Hall–Kier alpha value is -2.86. The second-order valence-corrected chi connectivity index (χ2v) is 6.77. The minimum absolute atomic E-state index is 0.0389. The Morgan fingerprint density at radius 1 is 1.07 bits per heavy atom. The lowest BCUT2D eigenvalue weighted by atomic mass is 10.1. The van der Waals surface area contributed by atoms with E-state index >= 15 is 0 Å². The fourth-order valence-electron chi connectivity index (χ4n) is 2.41. The highest BCUT2D eigenvalue weighted by molar-refractivity contribution is 6.30. The summed E-state index contributed by atoms with van der Waals surface area (Å²) in [6.45, 7) is 3.00. The molecule has 0 bridgehead atoms. The molecule has 1 heterocycles. The minimum Gasteiger partial charge on any atom is -0.489 e. The molecular formula is C20H16ClFO5. The van der Waals surface area contributed by atoms with Gasteiger partial charge < -0.3 is 14.2 Å². The highest BCUT2D eigenvalue weighted by Gasteiger charge is 2.38. The van der Waals surface area contributed by atoms with Gasteiger partial charge in [0.25, 0.3) is 5.79 Å². The van der Waals surface area contributed by atoms with Crippen LogP contribution in [0.2, 0.25) is 5.02 Å². The molecule has 2 aromatic carbocycles. The van der Waals surface area contributed by atoms with Gasteiger partial charge in [0, 0.05) is 24.4 Å². The Morgan fingerprint density at radius 3 is 2.30 bits per heavy atom. The minimum atomic E-state index is -1.28. The second kappa shape index (κ2) is 7.40. The first kappa shape index (κ1) is 18.9. The number of hydrogen-bond donors (Lipinski definition) is 0. The van der Waals surface area contributed by atoms with E-state index in [2.05, 4.69) is 0 Å². The molecule has 27 heavy (non-hydrogen) atoms. The zero-order valence-corrected chi connectivity index (χ0v) is 15.4. The van der Waals surface area contributed by atoms with E-state index in [0.717, 1.165) is 0 Å². The van der Waals surface area contributed by atoms with Crippen LogP contribution in [-0.4, -0.2) is 17.7 Å². The molecule has 5 nitrogen and oxygen atoms in total. The van der Waals surface area contributed by atoms with Gasteiger partial charge in [0.15, 0.2) is 0 Å². The van der Waals surface area contributed by atoms with Gasteiger partial charge >= 0.3 is 11.9 Å². The molecule has 1 aliphatic rings. The normalized spacial score (nSPS) is 15.8. The first-order valence-corrected chi connectivity index (χ1v) is 8.46. The molecule has 0 unspecified atom stereocenters. The maximum absolute atomic E-state index is 13.7. The van der Waals surface area contributed by atoms with Crippen LogP contribution in [0.3, 0.4) is 0 Å². The van der Waals surface area contributed by atoms with Gasteiger partial charge in [0.2, 0.25) is 0 Å². The largest absolute Gasteiger partial charge is 0.489 e. The van der Waals surface area contributed by atoms with Crippen LogP contribution in [-0.2, 0) is 25.7 Å². The number of carbonyl (C=O) groups is 2. The standard InChI is InChI=1S/C20H16ClFO5/c1-20(2)26-18(23)16(19(24)27-20)9-12-3-7-15(8-4-12)25-11-13-5-6-14(21)10-17(13)22/h3-10H,11H2,1-2H3. The van der Waals surface area contributed by atoms with Gasteiger partial charge in [-0.1, -0.05) is 29.8 Å². The molecule has 0 amide bonds. The Balaban J connectivity index is 1.68. The van der Waals surface area contributed by atoms with E-state index in [-0.39, 0.29) is 12.2 Å². The van der Waals surface area contributed by atoms with Crippen molar-refractivity contribution in [3.63, 3.8) is 0 Å². The predicted octanol–water partition coefficient (Wildman–Crippen LogP) is 4.28. The Kier molecular flexibility index (Phi) is 5.19. The molecule has 0 radical (unpaired) electrons. The van der Waals surface area contributed by atoms with Gasteiger partial charge in [-0.3, -0.25) is 0 Å². The molecule has 0 saturated carbocycles. The molecule has 0 N–H and O–H groups in total. The first-order valence-electron chi connectivity index (χ1n) is 8.09. The smallest absolute Gasteiger partial charge is 0.348 e. The van der Waals surface area contributed by atoms with Crippen LogP contribution in [0, 0.1) is 5.82 Å². The lowest BCUT2D eigenvalue weighted by molar-refractivity contribution is -0.222. The fourth-order valence-corrected chi connectivity index (χ4v) is 2.56. The highest BCUT2D eigenvalue weighted by atomic mass is 35.5. The maximum atomic E-state index is 13.7. The van der Waals surface area contributed by atoms with E-state index in [1.54, 1.807) is 36.4 Å². The summed E-state index contributed by atoms with van der Waals surface area (Å²) >= 11 is 5.72. The van der Waals surface area contributed by atoms with Crippen molar-refractivity contribution in [2.45, 2.75) is 26.2 Å². The zero-order chi connectivity index (χ0) is 19.6. The summed E-state index contributed by atoms with van der Waals surface area (Å²) in [5.74, 6) is -2.70. The van der Waals surface area contributed by atoms with Gasteiger partial charge in [-0.05, 0) is 35.9 Å². The average Bonchev–Trinajstić information content (AvgIpc) is 2.58. The van der Waals surface area contributed by atoms with Gasteiger partial charge in [0.1, 0.15) is 23.7 Å². The summed E-state index contributed by atoms with van der Waals surface area (Å²) in [4.78, 5) is 23.9. The highest BCUT2D eigenvalue weighted by Crippen LogP contribution is 2.25. The predicted molar refractivity (Wildman–Crippen MR) is 96.4 cm³/mol. The maximum Gasteiger partial charge on any atom is 0.348 e. The molecule has 0 aliphatic carbocycles. The summed E-state index contributed by atoms with van der Waals surface area (Å²) in [6.07, 6.45) is 1.38. The first-order chi connectivity index (χ1) is 12.7. The second-order valence-electron chi connectivity index (χ2n) is 6.33. The molecule has 0 atom stereocenters. The number of ether oxygens (including phenoxy) is 3. The van der Waals surface area contributed by atoms with Crippen molar-refractivity contribution >= 4 is 29.6 Å². The van der Waals surface area contributed by atoms with Gasteiger partial charge in [-0.25, -0.2) is 14.0 Å². The summed E-state index contributed by atoms with van der Waals surface area (Å²) in [5, 5.41) is 0.316. The van der Waals surface area contributed by atoms with E-state index in [1.807, 2.05) is 0 Å². The van der Waals surface area contributed by atoms with Crippen molar-refractivity contribution in [2.75, 3.05) is 0 Å². The zero-order valence-electron chi connectivity index (χ0n) is 14.6. The number of carbonyl (C=O) groups excluding carboxylic acids is 2. The average molecular weight is 391 g/mol. The van der Waals surface area contributed by atoms with Crippen molar-refractivity contribution < 1.29 is 28.2 Å². The monoisotopic (exact) mass is 390 g/mol. The van der Waals surface area contributed by atoms with Crippen LogP contribution in [0.1, 0.15) is 25.0 Å². The molecular weight excluding hydrogens is 375 g/mol. The van der Waals surface area contributed by atoms with Crippen LogP contribution in [0.15, 0.2) is 48.0 Å². The van der Waals surface area contributed by atoms with E-state index in [1.165, 1.54) is 26.0 Å². The topological polar surface area (TPSA) is 61.8 Å². The van der Waals surface area contributed by atoms with Crippen molar-refractivity contribution in [1.82, 2.24) is 0 Å². The number of hydrogen-bond acceptors (Lipinski definition) is 5. The van der Waals surface area contributed by atoms with Crippen molar-refractivity contribution in [1.29, 1.82) is 0 Å². The number of benzene rings is 2. The number of halogens is 2. The Morgan fingerprint density at radius 2 is 1.70 bits per heavy atom. The molecule has 3 rings (SSSR count).